The summed E-state index contributed by atoms with van der Waals surface area (Å²) in [4.78, 5) is 29.9. The molecule has 0 unspecified atom stereocenters. The third kappa shape index (κ3) is 6.14. The fourth-order valence-electron chi connectivity index (χ4n) is 7.17. The molecule has 0 N–H and O–H groups in total. The molecule has 0 fully saturated rings. The lowest BCUT2D eigenvalue weighted by atomic mass is 9.71. The van der Waals surface area contributed by atoms with Crippen LogP contribution in [0.25, 0.3) is 0 Å². The van der Waals surface area contributed by atoms with Gasteiger partial charge in [0.1, 0.15) is 6.61 Å². The van der Waals surface area contributed by atoms with Crippen molar-refractivity contribution >= 4 is 27.5 Å². The Kier molecular flexibility index (Phi) is 9.08. The quantitative estimate of drug-likeness (QED) is 0.231. The first-order chi connectivity index (χ1) is 21.3. The number of benzene rings is 3. The highest BCUT2D eigenvalue weighted by Gasteiger charge is 2.43. The maximum Gasteiger partial charge on any atom is 0.175 e. The zero-order valence-corrected chi connectivity index (χ0v) is 27.5. The summed E-state index contributed by atoms with van der Waals surface area (Å²) in [7, 11) is 0. The van der Waals surface area contributed by atoms with Crippen molar-refractivity contribution in [2.24, 2.45) is 0 Å². The van der Waals surface area contributed by atoms with Crippen LogP contribution in [-0.4, -0.2) is 29.6 Å². The summed E-state index contributed by atoms with van der Waals surface area (Å²) in [5.41, 5.74) is 9.40. The zero-order chi connectivity index (χ0) is 30.8. The number of Topliss-reactive ketones (excluding diaryl/α,β-unsaturated/α-hetero) is 2. The van der Waals surface area contributed by atoms with Crippen LogP contribution in [0.3, 0.4) is 0 Å². The number of allylic oxidation sites excluding steroid dienone is 4. The number of hydrogen-bond donors (Lipinski definition) is 0. The fraction of sp³-hybridized carbons (Fsp3) is 0.368. The normalized spacial score (nSPS) is 17.1. The van der Waals surface area contributed by atoms with E-state index in [9.17, 15) is 9.59 Å². The van der Waals surface area contributed by atoms with Crippen LogP contribution in [0.15, 0.2) is 87.7 Å². The molecular weight excluding hydrogens is 614 g/mol. The third-order valence-electron chi connectivity index (χ3n) is 8.88. The van der Waals surface area contributed by atoms with E-state index in [2.05, 4.69) is 77.1 Å². The minimum Gasteiger partial charge on any atom is -0.490 e. The predicted molar refractivity (Wildman–Crippen MR) is 177 cm³/mol. The monoisotopic (exact) mass is 653 g/mol. The molecule has 0 saturated heterocycles. The van der Waals surface area contributed by atoms with Gasteiger partial charge >= 0.3 is 0 Å². The third-order valence-corrected chi connectivity index (χ3v) is 9.47. The van der Waals surface area contributed by atoms with E-state index >= 15 is 0 Å². The Hall–Kier alpha value is -3.64. The van der Waals surface area contributed by atoms with Gasteiger partial charge in [-0.05, 0) is 97.6 Å². The summed E-state index contributed by atoms with van der Waals surface area (Å²) >= 11 is 3.79. The Morgan fingerprint density at radius 3 is 2.05 bits per heavy atom. The van der Waals surface area contributed by atoms with E-state index in [1.54, 1.807) is 0 Å². The highest BCUT2D eigenvalue weighted by molar-refractivity contribution is 9.10. The molecule has 0 saturated carbocycles. The van der Waals surface area contributed by atoms with Crippen LogP contribution in [0, 0.1) is 13.8 Å². The van der Waals surface area contributed by atoms with Crippen LogP contribution >= 0.6 is 15.9 Å². The first kappa shape index (κ1) is 30.4. The predicted octanol–water partition coefficient (Wildman–Crippen LogP) is 8.70. The molecular formula is C38H40BrNO4. The summed E-state index contributed by atoms with van der Waals surface area (Å²) < 4.78 is 13.3. The average Bonchev–Trinajstić information content (AvgIpc) is 2.99. The van der Waals surface area contributed by atoms with Crippen molar-refractivity contribution in [3.05, 3.63) is 115 Å². The molecule has 44 heavy (non-hydrogen) atoms. The number of carbonyl (C=O) groups is 2. The van der Waals surface area contributed by atoms with E-state index in [1.165, 1.54) is 16.7 Å². The largest absolute Gasteiger partial charge is 0.490 e. The Morgan fingerprint density at radius 2 is 1.43 bits per heavy atom. The first-order valence-corrected chi connectivity index (χ1v) is 16.6. The summed E-state index contributed by atoms with van der Waals surface area (Å²) in [5.74, 6) is 1.13. The van der Waals surface area contributed by atoms with Crippen LogP contribution in [0.5, 0.6) is 11.5 Å². The molecule has 1 aliphatic heterocycles. The summed E-state index contributed by atoms with van der Waals surface area (Å²) in [6.07, 6.45) is 5.23. The Labute approximate surface area is 269 Å². The molecule has 3 aliphatic rings. The topological polar surface area (TPSA) is 55.8 Å². The van der Waals surface area contributed by atoms with Gasteiger partial charge in [0.2, 0.25) is 0 Å². The van der Waals surface area contributed by atoms with Crippen molar-refractivity contribution in [1.29, 1.82) is 0 Å². The van der Waals surface area contributed by atoms with Gasteiger partial charge < -0.3 is 14.4 Å². The molecule has 0 bridgehead atoms. The van der Waals surface area contributed by atoms with Crippen LogP contribution in [0.4, 0.5) is 0 Å². The Balaban J connectivity index is 1.41. The number of nitrogens with zero attached hydrogens (tertiary/aromatic N) is 1. The molecule has 5 nitrogen and oxygen atoms in total. The lowest BCUT2D eigenvalue weighted by Crippen LogP contribution is -2.40. The molecule has 0 radical (unpaired) electrons. The van der Waals surface area contributed by atoms with Crippen LogP contribution in [0.2, 0.25) is 0 Å². The summed E-state index contributed by atoms with van der Waals surface area (Å²) in [6, 6.07) is 20.9. The number of aryl methyl sites for hydroxylation is 2. The van der Waals surface area contributed by atoms with Gasteiger partial charge in [-0.3, -0.25) is 9.59 Å². The van der Waals surface area contributed by atoms with E-state index in [0.717, 1.165) is 76.8 Å². The lowest BCUT2D eigenvalue weighted by Gasteiger charge is -2.44. The SMILES string of the molecule is CCOc1cc(C2C3=C(CCCC3=O)N(CCc3ccccc3)C3=C2C(=O)CCC3)cc(Br)c1OCc1cc(C)cc(C)c1. The number of hydrogen-bond acceptors (Lipinski definition) is 5. The van der Waals surface area contributed by atoms with Crippen LogP contribution in [-0.2, 0) is 22.6 Å². The van der Waals surface area contributed by atoms with Crippen molar-refractivity contribution in [2.45, 2.75) is 78.2 Å². The summed E-state index contributed by atoms with van der Waals surface area (Å²) in [5, 5.41) is 0. The maximum absolute atomic E-state index is 13.8. The zero-order valence-electron chi connectivity index (χ0n) is 25.9. The lowest BCUT2D eigenvalue weighted by molar-refractivity contribution is -0.117. The van der Waals surface area contributed by atoms with E-state index < -0.39 is 5.92 Å². The Morgan fingerprint density at radius 1 is 0.795 bits per heavy atom. The van der Waals surface area contributed by atoms with Gasteiger partial charge in [0, 0.05) is 47.8 Å². The van der Waals surface area contributed by atoms with E-state index in [1.807, 2.05) is 25.1 Å². The van der Waals surface area contributed by atoms with Gasteiger partial charge in [0.25, 0.3) is 0 Å². The van der Waals surface area contributed by atoms with Gasteiger partial charge in [-0.1, -0.05) is 59.7 Å². The minimum absolute atomic E-state index is 0.148. The number of carbonyl (C=O) groups excluding carboxylic acids is 2. The van der Waals surface area contributed by atoms with Crippen molar-refractivity contribution in [2.75, 3.05) is 13.2 Å². The van der Waals surface area contributed by atoms with E-state index in [4.69, 9.17) is 9.47 Å². The van der Waals surface area contributed by atoms with Crippen LogP contribution < -0.4 is 9.47 Å². The molecule has 228 valence electrons. The molecule has 0 spiro atoms. The second kappa shape index (κ2) is 13.2. The van der Waals surface area contributed by atoms with Gasteiger partial charge in [-0.25, -0.2) is 0 Å². The first-order valence-electron chi connectivity index (χ1n) is 15.8. The highest BCUT2D eigenvalue weighted by atomic mass is 79.9. The van der Waals surface area contributed by atoms with Crippen molar-refractivity contribution in [3.63, 3.8) is 0 Å². The Bertz CT molecular complexity index is 1590. The fourth-order valence-corrected chi connectivity index (χ4v) is 7.74. The molecule has 3 aromatic carbocycles. The molecule has 1 heterocycles. The molecule has 0 amide bonds. The van der Waals surface area contributed by atoms with Gasteiger partial charge in [-0.15, -0.1) is 0 Å². The van der Waals surface area contributed by atoms with Gasteiger partial charge in [0.05, 0.1) is 11.1 Å². The standard InChI is InChI=1S/C38H40BrNO4/c1-4-43-34-22-28(21-29(39)38(34)44-23-27-19-24(2)18-25(3)20-27)35-36-30(12-8-14-32(36)41)40(17-16-26-10-6-5-7-11-26)31-13-9-15-33(42)37(31)35/h5-7,10-11,18-22,35H,4,8-9,12-17,23H2,1-3H3. The molecule has 6 rings (SSSR count). The smallest absolute Gasteiger partial charge is 0.175 e. The number of rotatable bonds is 9. The molecule has 6 heteroatoms. The average molecular weight is 655 g/mol. The molecule has 0 aromatic heterocycles. The maximum atomic E-state index is 13.8. The molecule has 2 aliphatic carbocycles. The number of ether oxygens (including phenoxy) is 2. The highest BCUT2D eigenvalue weighted by Crippen LogP contribution is 2.51. The molecule has 0 atom stereocenters. The van der Waals surface area contributed by atoms with Crippen molar-refractivity contribution < 1.29 is 19.1 Å². The van der Waals surface area contributed by atoms with Gasteiger partial charge in [0.15, 0.2) is 23.1 Å². The van der Waals surface area contributed by atoms with E-state index in [0.29, 0.717) is 37.6 Å². The van der Waals surface area contributed by atoms with Crippen molar-refractivity contribution in [1.82, 2.24) is 4.90 Å². The van der Waals surface area contributed by atoms with E-state index in [-0.39, 0.29) is 11.6 Å². The second-order valence-corrected chi connectivity index (χ2v) is 13.0. The number of halogens is 1. The minimum atomic E-state index is -0.405. The second-order valence-electron chi connectivity index (χ2n) is 12.1. The van der Waals surface area contributed by atoms with Crippen molar-refractivity contribution in [3.8, 4) is 11.5 Å². The number of ketones is 2. The molecule has 3 aromatic rings. The van der Waals surface area contributed by atoms with Crippen LogP contribution in [0.1, 0.15) is 79.2 Å². The van der Waals surface area contributed by atoms with Gasteiger partial charge in [-0.2, -0.15) is 0 Å². The summed E-state index contributed by atoms with van der Waals surface area (Å²) in [6.45, 7) is 7.76.